The van der Waals surface area contributed by atoms with Crippen molar-refractivity contribution in [2.75, 3.05) is 6.61 Å². The van der Waals surface area contributed by atoms with Gasteiger partial charge in [0.15, 0.2) is 0 Å². The van der Waals surface area contributed by atoms with Crippen LogP contribution in [0.25, 0.3) is 0 Å². The van der Waals surface area contributed by atoms with Crippen molar-refractivity contribution >= 4 is 16.4 Å². The van der Waals surface area contributed by atoms with E-state index < -0.39 is 10.1 Å². The molecule has 0 atom stereocenters. The van der Waals surface area contributed by atoms with Crippen LogP contribution in [0.3, 0.4) is 0 Å². The molecule has 0 radical (unpaired) electrons. The fourth-order valence-corrected chi connectivity index (χ4v) is 3.07. The van der Waals surface area contributed by atoms with Crippen LogP contribution in [0.5, 0.6) is 11.5 Å². The lowest BCUT2D eigenvalue weighted by Gasteiger charge is -2.10. The number of hydrogen-bond donors (Lipinski definition) is 0. The van der Waals surface area contributed by atoms with E-state index in [4.69, 9.17) is 8.92 Å². The van der Waals surface area contributed by atoms with Crippen molar-refractivity contribution in [3.8, 4) is 11.5 Å². The van der Waals surface area contributed by atoms with Crippen LogP contribution in [-0.2, 0) is 20.7 Å². The highest BCUT2D eigenvalue weighted by molar-refractivity contribution is 7.86. The highest BCUT2D eigenvalue weighted by Crippen LogP contribution is 2.24. The molecule has 0 aliphatic rings. The monoisotopic (exact) mass is 334 g/mol. The summed E-state index contributed by atoms with van der Waals surface area (Å²) in [6, 6.07) is 13.7. The van der Waals surface area contributed by atoms with Crippen LogP contribution < -0.4 is 8.92 Å². The number of ether oxygens (including phenoxy) is 1. The highest BCUT2D eigenvalue weighted by atomic mass is 32.2. The summed E-state index contributed by atoms with van der Waals surface area (Å²) in [6.45, 7) is 2.05. The summed E-state index contributed by atoms with van der Waals surface area (Å²) in [5.74, 6) is 0.460. The number of carbonyl (C=O) groups is 1. The summed E-state index contributed by atoms with van der Waals surface area (Å²) in [6.07, 6.45) is 1.04. The second kappa shape index (κ2) is 7.78. The molecule has 0 N–H and O–H groups in total. The molecular weight excluding hydrogens is 316 g/mol. The highest BCUT2D eigenvalue weighted by Gasteiger charge is 2.15. The normalized spacial score (nSPS) is 11.0. The maximum absolute atomic E-state index is 12.1. The van der Waals surface area contributed by atoms with Gasteiger partial charge in [0, 0.05) is 12.5 Å². The molecule has 0 amide bonds. The van der Waals surface area contributed by atoms with Crippen molar-refractivity contribution in [2.45, 2.75) is 19.1 Å². The Morgan fingerprint density at radius 3 is 2.43 bits per heavy atom. The van der Waals surface area contributed by atoms with Gasteiger partial charge in [-0.25, -0.2) is 0 Å². The SMILES string of the molecule is Cc1cc(OCCC=O)cc(OS(=O)(=O)Cc2ccccc2)c1. The summed E-state index contributed by atoms with van der Waals surface area (Å²) in [5.41, 5.74) is 1.46. The van der Waals surface area contributed by atoms with Gasteiger partial charge in [-0.2, -0.15) is 8.42 Å². The van der Waals surface area contributed by atoms with E-state index in [9.17, 15) is 13.2 Å². The lowest BCUT2D eigenvalue weighted by Crippen LogP contribution is -2.12. The van der Waals surface area contributed by atoms with Gasteiger partial charge in [0.05, 0.1) is 6.61 Å². The van der Waals surface area contributed by atoms with Gasteiger partial charge in [-0.1, -0.05) is 30.3 Å². The van der Waals surface area contributed by atoms with Gasteiger partial charge in [-0.3, -0.25) is 0 Å². The summed E-state index contributed by atoms with van der Waals surface area (Å²) >= 11 is 0. The zero-order valence-electron chi connectivity index (χ0n) is 12.8. The maximum atomic E-state index is 12.1. The third-order valence-corrected chi connectivity index (χ3v) is 4.07. The Hall–Kier alpha value is -2.34. The van der Waals surface area contributed by atoms with Gasteiger partial charge in [-0.15, -0.1) is 0 Å². The third-order valence-electron chi connectivity index (χ3n) is 2.94. The van der Waals surface area contributed by atoms with Crippen molar-refractivity contribution in [1.82, 2.24) is 0 Å². The molecule has 6 heteroatoms. The number of aryl methyl sites for hydroxylation is 1. The Balaban J connectivity index is 2.10. The van der Waals surface area contributed by atoms with E-state index in [-0.39, 0.29) is 24.5 Å². The number of benzene rings is 2. The van der Waals surface area contributed by atoms with Gasteiger partial charge < -0.3 is 13.7 Å². The molecule has 0 bridgehead atoms. The average Bonchev–Trinajstić information content (AvgIpc) is 2.47. The Labute approximate surface area is 136 Å². The minimum Gasteiger partial charge on any atom is -0.493 e. The molecular formula is C17H18O5S. The standard InChI is InChI=1S/C17H18O5S/c1-14-10-16(21-9-5-8-18)12-17(11-14)22-23(19,20)13-15-6-3-2-4-7-15/h2-4,6-8,10-12H,5,9,13H2,1H3. The van der Waals surface area contributed by atoms with Crippen LogP contribution in [0.2, 0.25) is 0 Å². The van der Waals surface area contributed by atoms with Crippen LogP contribution >= 0.6 is 0 Å². The molecule has 122 valence electrons. The molecule has 2 rings (SSSR count). The zero-order chi connectivity index (χ0) is 16.7. The van der Waals surface area contributed by atoms with E-state index in [1.807, 2.05) is 13.0 Å². The topological polar surface area (TPSA) is 69.7 Å². The first-order valence-electron chi connectivity index (χ1n) is 7.13. The summed E-state index contributed by atoms with van der Waals surface area (Å²) in [5, 5.41) is 0. The first kappa shape index (κ1) is 17.0. The number of aldehydes is 1. The summed E-state index contributed by atoms with van der Waals surface area (Å²) in [4.78, 5) is 10.3. The van der Waals surface area contributed by atoms with Crippen LogP contribution in [0, 0.1) is 6.92 Å². The van der Waals surface area contributed by atoms with Crippen molar-refractivity contribution in [3.05, 3.63) is 59.7 Å². The molecule has 5 nitrogen and oxygen atoms in total. The number of carbonyl (C=O) groups excluding carboxylic acids is 1. The quantitative estimate of drug-likeness (QED) is 0.422. The largest absolute Gasteiger partial charge is 0.493 e. The molecule has 0 saturated carbocycles. The van der Waals surface area contributed by atoms with E-state index in [1.165, 1.54) is 6.07 Å². The molecule has 0 aromatic heterocycles. The van der Waals surface area contributed by atoms with Crippen LogP contribution in [-0.4, -0.2) is 21.3 Å². The van der Waals surface area contributed by atoms with E-state index in [2.05, 4.69) is 0 Å². The molecule has 0 aliphatic heterocycles. The molecule has 0 heterocycles. The van der Waals surface area contributed by atoms with Gasteiger partial charge in [0.25, 0.3) is 0 Å². The maximum Gasteiger partial charge on any atom is 0.313 e. The second-order valence-corrected chi connectivity index (χ2v) is 6.63. The fourth-order valence-electron chi connectivity index (χ4n) is 2.02. The van der Waals surface area contributed by atoms with Crippen molar-refractivity contribution in [1.29, 1.82) is 0 Å². The van der Waals surface area contributed by atoms with Crippen molar-refractivity contribution in [3.63, 3.8) is 0 Å². The van der Waals surface area contributed by atoms with Crippen LogP contribution in [0.4, 0.5) is 0 Å². The lowest BCUT2D eigenvalue weighted by molar-refractivity contribution is -0.108. The van der Waals surface area contributed by atoms with Gasteiger partial charge in [0.1, 0.15) is 23.5 Å². The number of hydrogen-bond acceptors (Lipinski definition) is 5. The Morgan fingerprint density at radius 1 is 1.04 bits per heavy atom. The Morgan fingerprint density at radius 2 is 1.74 bits per heavy atom. The first-order chi connectivity index (χ1) is 11.0. The molecule has 0 spiro atoms. The molecule has 23 heavy (non-hydrogen) atoms. The fraction of sp³-hybridized carbons (Fsp3) is 0.235. The Bertz CT molecular complexity index is 754. The molecule has 0 aliphatic carbocycles. The van der Waals surface area contributed by atoms with E-state index >= 15 is 0 Å². The number of rotatable bonds is 8. The minimum absolute atomic E-state index is 0.196. The van der Waals surface area contributed by atoms with Crippen molar-refractivity contribution < 1.29 is 22.1 Å². The van der Waals surface area contributed by atoms with E-state index in [1.54, 1.807) is 36.4 Å². The van der Waals surface area contributed by atoms with Crippen molar-refractivity contribution in [2.24, 2.45) is 0 Å². The smallest absolute Gasteiger partial charge is 0.313 e. The van der Waals surface area contributed by atoms with Crippen LogP contribution in [0.15, 0.2) is 48.5 Å². The average molecular weight is 334 g/mol. The van der Waals surface area contributed by atoms with E-state index in [0.717, 1.165) is 11.8 Å². The summed E-state index contributed by atoms with van der Waals surface area (Å²) < 4.78 is 34.8. The van der Waals surface area contributed by atoms with Gasteiger partial charge in [-0.05, 0) is 30.2 Å². The first-order valence-corrected chi connectivity index (χ1v) is 8.70. The summed E-state index contributed by atoms with van der Waals surface area (Å²) in [7, 11) is -3.76. The Kier molecular flexibility index (Phi) is 5.76. The zero-order valence-corrected chi connectivity index (χ0v) is 13.6. The third kappa shape index (κ3) is 5.75. The molecule has 0 fully saturated rings. The molecule has 0 saturated heterocycles. The van der Waals surface area contributed by atoms with Gasteiger partial charge in [0.2, 0.25) is 0 Å². The predicted octanol–water partition coefficient (Wildman–Crippen LogP) is 2.87. The molecule has 0 unspecified atom stereocenters. The van der Waals surface area contributed by atoms with Gasteiger partial charge >= 0.3 is 10.1 Å². The second-order valence-electron chi connectivity index (χ2n) is 5.06. The predicted molar refractivity (Wildman–Crippen MR) is 87.0 cm³/mol. The molecule has 2 aromatic carbocycles. The van der Waals surface area contributed by atoms with Crippen LogP contribution in [0.1, 0.15) is 17.5 Å². The lowest BCUT2D eigenvalue weighted by atomic mass is 10.2. The van der Waals surface area contributed by atoms with E-state index in [0.29, 0.717) is 11.3 Å². The minimum atomic E-state index is -3.76. The molecule has 2 aromatic rings.